The standard InChI is InChI=1S/C27H25BrN2O6S/c1-16-11-17(2)13-20(12-16)30-18(3)25(27(32)35-4)24(26(30)31)14-21-7-8-22(36-21)15-29-37(33,34)23-9-5-19(28)6-10-23/h5-14,29H,15H2,1-4H3/b24-14+. The first-order chi connectivity index (χ1) is 17.5. The van der Waals surface area contributed by atoms with Gasteiger partial charge in [0.25, 0.3) is 5.91 Å². The van der Waals surface area contributed by atoms with Gasteiger partial charge in [0.2, 0.25) is 10.0 Å². The Morgan fingerprint density at radius 1 is 1.05 bits per heavy atom. The Labute approximate surface area is 223 Å². The Balaban J connectivity index is 1.61. The molecule has 2 aromatic carbocycles. The molecule has 0 bridgehead atoms. The van der Waals surface area contributed by atoms with Crippen LogP contribution in [0.15, 0.2) is 85.2 Å². The maximum absolute atomic E-state index is 13.5. The van der Waals surface area contributed by atoms with Gasteiger partial charge in [-0.3, -0.25) is 9.69 Å². The first-order valence-corrected chi connectivity index (χ1v) is 13.6. The number of anilines is 1. The molecule has 1 aliphatic heterocycles. The van der Waals surface area contributed by atoms with Crippen molar-refractivity contribution in [2.45, 2.75) is 32.2 Å². The fraction of sp³-hybridized carbons (Fsp3) is 0.185. The number of aryl methyl sites for hydroxylation is 2. The van der Waals surface area contributed by atoms with Crippen LogP contribution in [-0.2, 0) is 30.9 Å². The number of nitrogens with zero attached hydrogens (tertiary/aromatic N) is 1. The van der Waals surface area contributed by atoms with Crippen LogP contribution in [0.5, 0.6) is 0 Å². The van der Waals surface area contributed by atoms with Gasteiger partial charge >= 0.3 is 5.97 Å². The van der Waals surface area contributed by atoms with Crippen LogP contribution < -0.4 is 9.62 Å². The summed E-state index contributed by atoms with van der Waals surface area (Å²) in [6.45, 7) is 5.46. The van der Waals surface area contributed by atoms with E-state index in [1.54, 1.807) is 31.2 Å². The van der Waals surface area contributed by atoms with Gasteiger partial charge < -0.3 is 9.15 Å². The number of furan rings is 1. The van der Waals surface area contributed by atoms with E-state index >= 15 is 0 Å². The summed E-state index contributed by atoms with van der Waals surface area (Å²) in [5, 5.41) is 0. The highest BCUT2D eigenvalue weighted by Gasteiger charge is 2.38. The lowest BCUT2D eigenvalue weighted by Gasteiger charge is -2.19. The number of esters is 1. The van der Waals surface area contributed by atoms with E-state index in [9.17, 15) is 18.0 Å². The zero-order valence-electron chi connectivity index (χ0n) is 20.7. The molecule has 1 N–H and O–H groups in total. The summed E-state index contributed by atoms with van der Waals surface area (Å²) in [5.74, 6) is -0.406. The van der Waals surface area contributed by atoms with Crippen molar-refractivity contribution in [2.24, 2.45) is 0 Å². The summed E-state index contributed by atoms with van der Waals surface area (Å²) in [7, 11) is -2.49. The zero-order valence-corrected chi connectivity index (χ0v) is 23.1. The summed E-state index contributed by atoms with van der Waals surface area (Å²) in [5.41, 5.74) is 3.32. The summed E-state index contributed by atoms with van der Waals surface area (Å²) >= 11 is 3.28. The van der Waals surface area contributed by atoms with E-state index in [1.165, 1.54) is 30.2 Å². The Bertz CT molecular complexity index is 1530. The number of nitrogens with one attached hydrogen (secondary N) is 1. The van der Waals surface area contributed by atoms with E-state index in [0.29, 0.717) is 17.1 Å². The van der Waals surface area contributed by atoms with Crippen LogP contribution in [0.25, 0.3) is 6.08 Å². The SMILES string of the molecule is COC(=O)C1=C(C)N(c2cc(C)cc(C)c2)C(=O)/C1=C/c1ccc(CNS(=O)(=O)c2ccc(Br)cc2)o1. The van der Waals surface area contributed by atoms with Crippen molar-refractivity contribution in [1.82, 2.24) is 4.72 Å². The highest BCUT2D eigenvalue weighted by atomic mass is 79.9. The molecule has 0 atom stereocenters. The fourth-order valence-corrected chi connectivity index (χ4v) is 5.40. The van der Waals surface area contributed by atoms with Gasteiger partial charge in [0.05, 0.1) is 29.7 Å². The molecule has 37 heavy (non-hydrogen) atoms. The molecule has 4 rings (SSSR count). The number of halogens is 1. The molecule has 192 valence electrons. The lowest BCUT2D eigenvalue weighted by Crippen LogP contribution is -2.24. The minimum atomic E-state index is -3.75. The van der Waals surface area contributed by atoms with Crippen molar-refractivity contribution in [3.63, 3.8) is 0 Å². The van der Waals surface area contributed by atoms with Gasteiger partial charge in [-0.25, -0.2) is 17.9 Å². The normalized spacial score (nSPS) is 15.1. The number of ether oxygens (including phenoxy) is 1. The molecule has 0 saturated heterocycles. The molecule has 10 heteroatoms. The molecule has 0 fully saturated rings. The van der Waals surface area contributed by atoms with Crippen LogP contribution in [0.4, 0.5) is 5.69 Å². The highest BCUT2D eigenvalue weighted by molar-refractivity contribution is 9.10. The van der Waals surface area contributed by atoms with Gasteiger partial charge in [-0.2, -0.15) is 0 Å². The van der Waals surface area contributed by atoms with E-state index in [0.717, 1.165) is 15.6 Å². The van der Waals surface area contributed by atoms with Crippen LogP contribution >= 0.6 is 15.9 Å². The third-order valence-electron chi connectivity index (χ3n) is 5.78. The minimum absolute atomic E-state index is 0.0943. The van der Waals surface area contributed by atoms with Crippen LogP contribution in [0, 0.1) is 13.8 Å². The number of amides is 1. The van der Waals surface area contributed by atoms with E-state index in [2.05, 4.69) is 20.7 Å². The molecule has 1 aliphatic rings. The average Bonchev–Trinajstić information content (AvgIpc) is 3.38. The fourth-order valence-electron chi connectivity index (χ4n) is 4.14. The lowest BCUT2D eigenvalue weighted by atomic mass is 10.1. The molecular weight excluding hydrogens is 560 g/mol. The Morgan fingerprint density at radius 3 is 2.32 bits per heavy atom. The maximum Gasteiger partial charge on any atom is 0.340 e. The van der Waals surface area contributed by atoms with Gasteiger partial charge in [-0.1, -0.05) is 22.0 Å². The number of benzene rings is 2. The minimum Gasteiger partial charge on any atom is -0.465 e. The summed E-state index contributed by atoms with van der Waals surface area (Å²) < 4.78 is 39.1. The van der Waals surface area contributed by atoms with Gasteiger partial charge in [-0.15, -0.1) is 0 Å². The molecule has 0 aliphatic carbocycles. The maximum atomic E-state index is 13.5. The molecule has 1 aromatic heterocycles. The van der Waals surface area contributed by atoms with Crippen LogP contribution in [-0.4, -0.2) is 27.4 Å². The third kappa shape index (κ3) is 5.61. The number of sulfonamides is 1. The van der Waals surface area contributed by atoms with E-state index in [4.69, 9.17) is 9.15 Å². The Hall–Kier alpha value is -3.47. The summed E-state index contributed by atoms with van der Waals surface area (Å²) in [6, 6.07) is 15.2. The zero-order chi connectivity index (χ0) is 26.9. The lowest BCUT2D eigenvalue weighted by molar-refractivity contribution is -0.136. The predicted molar refractivity (Wildman–Crippen MR) is 143 cm³/mol. The Kier molecular flexibility index (Phi) is 7.54. The van der Waals surface area contributed by atoms with Gasteiger partial charge in [0.15, 0.2) is 0 Å². The average molecular weight is 585 g/mol. The second-order valence-electron chi connectivity index (χ2n) is 8.58. The summed E-state index contributed by atoms with van der Waals surface area (Å²) in [4.78, 5) is 27.7. The summed E-state index contributed by atoms with van der Waals surface area (Å²) in [6.07, 6.45) is 1.47. The van der Waals surface area contributed by atoms with Crippen LogP contribution in [0.3, 0.4) is 0 Å². The van der Waals surface area contributed by atoms with Gasteiger partial charge in [0, 0.05) is 15.9 Å². The number of rotatable bonds is 7. The molecular formula is C27H25BrN2O6S. The number of allylic oxidation sites excluding steroid dienone is 1. The molecule has 0 radical (unpaired) electrons. The van der Waals surface area contributed by atoms with Crippen molar-refractivity contribution in [3.8, 4) is 0 Å². The third-order valence-corrected chi connectivity index (χ3v) is 7.73. The van der Waals surface area contributed by atoms with Crippen molar-refractivity contribution in [2.75, 3.05) is 12.0 Å². The predicted octanol–water partition coefficient (Wildman–Crippen LogP) is 5.01. The first-order valence-electron chi connectivity index (χ1n) is 11.3. The highest BCUT2D eigenvalue weighted by Crippen LogP contribution is 2.36. The van der Waals surface area contributed by atoms with Gasteiger partial charge in [0.1, 0.15) is 11.5 Å². The quantitative estimate of drug-likeness (QED) is 0.309. The monoisotopic (exact) mass is 584 g/mol. The molecule has 3 aromatic rings. The van der Waals surface area contributed by atoms with Crippen molar-refractivity contribution >= 4 is 49.6 Å². The smallest absolute Gasteiger partial charge is 0.340 e. The second-order valence-corrected chi connectivity index (χ2v) is 11.3. The molecule has 1 amide bonds. The van der Waals surface area contributed by atoms with E-state index in [-0.39, 0.29) is 28.3 Å². The van der Waals surface area contributed by atoms with E-state index < -0.39 is 21.9 Å². The number of carbonyl (C=O) groups excluding carboxylic acids is 2. The number of methoxy groups -OCH3 is 1. The topological polar surface area (TPSA) is 106 Å². The number of hydrogen-bond donors (Lipinski definition) is 1. The van der Waals surface area contributed by atoms with Crippen molar-refractivity contribution < 1.29 is 27.2 Å². The Morgan fingerprint density at radius 2 is 1.70 bits per heavy atom. The number of hydrogen-bond acceptors (Lipinski definition) is 6. The van der Waals surface area contributed by atoms with Crippen molar-refractivity contribution in [1.29, 1.82) is 0 Å². The second kappa shape index (κ2) is 10.5. The largest absolute Gasteiger partial charge is 0.465 e. The van der Waals surface area contributed by atoms with Crippen molar-refractivity contribution in [3.05, 3.63) is 98.6 Å². The van der Waals surface area contributed by atoms with E-state index in [1.807, 2.05) is 32.0 Å². The molecule has 8 nitrogen and oxygen atoms in total. The number of carbonyl (C=O) groups is 2. The van der Waals surface area contributed by atoms with Crippen LogP contribution in [0.1, 0.15) is 29.6 Å². The molecule has 2 heterocycles. The molecule has 0 spiro atoms. The van der Waals surface area contributed by atoms with Crippen LogP contribution in [0.2, 0.25) is 0 Å². The molecule has 0 unspecified atom stereocenters. The molecule has 0 saturated carbocycles. The van der Waals surface area contributed by atoms with Gasteiger partial charge in [-0.05, 0) is 86.5 Å². The first kappa shape index (κ1) is 26.6.